The molecule has 0 saturated carbocycles. The molecule has 0 aliphatic carbocycles. The maximum absolute atomic E-state index is 12.3. The summed E-state index contributed by atoms with van der Waals surface area (Å²) in [5.74, 6) is 0.366. The van der Waals surface area contributed by atoms with E-state index in [1.165, 1.54) is 36.4 Å². The van der Waals surface area contributed by atoms with Crippen molar-refractivity contribution < 1.29 is 22.1 Å². The monoisotopic (exact) mass is 393 g/mol. The van der Waals surface area contributed by atoms with Gasteiger partial charge in [0.05, 0.1) is 0 Å². The number of nitrogens with one attached hydrogen (secondary N) is 1. The molecule has 6 nitrogen and oxygen atoms in total. The second-order valence-corrected chi connectivity index (χ2v) is 7.49. The molecule has 1 amide bonds. The minimum Gasteiger partial charge on any atom is -0.488 e. The van der Waals surface area contributed by atoms with Crippen LogP contribution in [0.2, 0.25) is 5.02 Å². The highest BCUT2D eigenvalue weighted by atomic mass is 35.5. The summed E-state index contributed by atoms with van der Waals surface area (Å²) in [6, 6.07) is 10.5. The summed E-state index contributed by atoms with van der Waals surface area (Å²) >= 11 is 5.83. The van der Waals surface area contributed by atoms with Gasteiger partial charge in [-0.3, -0.25) is 4.79 Å². The molecule has 0 radical (unpaired) electrons. The first-order valence-electron chi connectivity index (χ1n) is 7.85. The van der Waals surface area contributed by atoms with Crippen LogP contribution >= 0.6 is 11.6 Å². The zero-order valence-corrected chi connectivity index (χ0v) is 15.4. The molecule has 136 valence electrons. The van der Waals surface area contributed by atoms with Gasteiger partial charge >= 0.3 is 10.1 Å². The van der Waals surface area contributed by atoms with Crippen molar-refractivity contribution >= 4 is 33.2 Å². The van der Waals surface area contributed by atoms with E-state index in [9.17, 15) is 13.2 Å². The average molecular weight is 394 g/mol. The molecule has 2 aromatic carbocycles. The van der Waals surface area contributed by atoms with Crippen molar-refractivity contribution in [1.29, 1.82) is 0 Å². The third kappa shape index (κ3) is 4.00. The number of carbonyl (C=O) groups excluding carboxylic acids is 1. The lowest BCUT2D eigenvalue weighted by molar-refractivity contribution is -0.116. The third-order valence-electron chi connectivity index (χ3n) is 3.63. The standard InChI is InChI=1S/C18H16ClNO5S/c1-2-20-18(21)8-12-11-24-17-10-14(6-7-16(12)17)25-26(22,23)15-5-3-4-13(19)9-15/h3-10H,2,11H2,1H3,(H,20,21)/b12-8-. The minimum atomic E-state index is -4.01. The van der Waals surface area contributed by atoms with Crippen LogP contribution < -0.4 is 14.2 Å². The molecule has 1 aliphatic rings. The number of rotatable bonds is 5. The third-order valence-corrected chi connectivity index (χ3v) is 5.11. The molecule has 8 heteroatoms. The summed E-state index contributed by atoms with van der Waals surface area (Å²) in [5.41, 5.74) is 1.44. The number of amides is 1. The van der Waals surface area contributed by atoms with Gasteiger partial charge in [0.25, 0.3) is 0 Å². The van der Waals surface area contributed by atoms with E-state index in [0.29, 0.717) is 17.3 Å². The number of fused-ring (bicyclic) bond motifs is 1. The van der Waals surface area contributed by atoms with Crippen LogP contribution in [0.4, 0.5) is 0 Å². The Morgan fingerprint density at radius 1 is 1.31 bits per heavy atom. The summed E-state index contributed by atoms with van der Waals surface area (Å²) in [6.07, 6.45) is 1.47. The smallest absolute Gasteiger partial charge is 0.339 e. The van der Waals surface area contributed by atoms with Crippen LogP contribution in [-0.2, 0) is 14.9 Å². The van der Waals surface area contributed by atoms with Crippen molar-refractivity contribution in [3.05, 3.63) is 59.1 Å². The highest BCUT2D eigenvalue weighted by Crippen LogP contribution is 2.36. The Morgan fingerprint density at radius 2 is 2.12 bits per heavy atom. The molecule has 0 aromatic heterocycles. The van der Waals surface area contributed by atoms with Gasteiger partial charge in [-0.25, -0.2) is 0 Å². The van der Waals surface area contributed by atoms with Crippen LogP contribution in [0.5, 0.6) is 11.5 Å². The molecule has 0 saturated heterocycles. The van der Waals surface area contributed by atoms with Gasteiger partial charge in [0, 0.05) is 34.8 Å². The fourth-order valence-corrected chi connectivity index (χ4v) is 3.70. The first kappa shape index (κ1) is 18.3. The highest BCUT2D eigenvalue weighted by molar-refractivity contribution is 7.87. The Kier molecular flexibility index (Phi) is 5.20. The molecule has 0 fully saturated rings. The predicted octanol–water partition coefficient (Wildman–Crippen LogP) is 3.02. The van der Waals surface area contributed by atoms with Crippen molar-refractivity contribution in [3.63, 3.8) is 0 Å². The molecule has 1 heterocycles. The first-order chi connectivity index (χ1) is 12.4. The van der Waals surface area contributed by atoms with E-state index in [1.54, 1.807) is 12.1 Å². The number of carbonyl (C=O) groups is 1. The zero-order chi connectivity index (χ0) is 18.7. The van der Waals surface area contributed by atoms with Gasteiger partial charge in [0.2, 0.25) is 5.91 Å². The molecule has 0 unspecified atom stereocenters. The van der Waals surface area contributed by atoms with Crippen molar-refractivity contribution in [3.8, 4) is 11.5 Å². The van der Waals surface area contributed by atoms with E-state index in [0.717, 1.165) is 11.1 Å². The van der Waals surface area contributed by atoms with Crippen molar-refractivity contribution in [1.82, 2.24) is 5.32 Å². The number of benzene rings is 2. The van der Waals surface area contributed by atoms with Gasteiger partial charge in [0.15, 0.2) is 0 Å². The fraction of sp³-hybridized carbons (Fsp3) is 0.167. The van der Waals surface area contributed by atoms with Crippen LogP contribution in [0.15, 0.2) is 53.4 Å². The SMILES string of the molecule is CCNC(=O)/C=C1/COc2cc(OS(=O)(=O)c3cccc(Cl)c3)ccc21. The summed E-state index contributed by atoms with van der Waals surface area (Å²) in [7, 11) is -4.01. The number of likely N-dealkylation sites (N-methyl/N-ethyl adjacent to an activating group) is 1. The largest absolute Gasteiger partial charge is 0.488 e. The van der Waals surface area contributed by atoms with Gasteiger partial charge in [-0.1, -0.05) is 17.7 Å². The summed E-state index contributed by atoms with van der Waals surface area (Å²) < 4.78 is 35.4. The Morgan fingerprint density at radius 3 is 2.85 bits per heavy atom. The maximum Gasteiger partial charge on any atom is 0.339 e. The van der Waals surface area contributed by atoms with E-state index in [4.69, 9.17) is 20.5 Å². The van der Waals surface area contributed by atoms with E-state index in [-0.39, 0.29) is 23.2 Å². The topological polar surface area (TPSA) is 81.7 Å². The number of hydrogen-bond acceptors (Lipinski definition) is 5. The quantitative estimate of drug-likeness (QED) is 0.623. The Balaban J connectivity index is 1.83. The van der Waals surface area contributed by atoms with Gasteiger partial charge in [-0.15, -0.1) is 0 Å². The number of halogens is 1. The average Bonchev–Trinajstić information content (AvgIpc) is 2.97. The Hall–Kier alpha value is -2.51. The van der Waals surface area contributed by atoms with Gasteiger partial charge in [0.1, 0.15) is 23.0 Å². The van der Waals surface area contributed by atoms with E-state index in [1.807, 2.05) is 6.92 Å². The van der Waals surface area contributed by atoms with Crippen molar-refractivity contribution in [2.75, 3.05) is 13.2 Å². The number of ether oxygens (including phenoxy) is 1. The van der Waals surface area contributed by atoms with Crippen molar-refractivity contribution in [2.45, 2.75) is 11.8 Å². The molecule has 1 N–H and O–H groups in total. The lowest BCUT2D eigenvalue weighted by Crippen LogP contribution is -2.20. The molecular formula is C18H16ClNO5S. The molecule has 3 rings (SSSR count). The molecule has 0 atom stereocenters. The Labute approximate surface area is 156 Å². The molecular weight excluding hydrogens is 378 g/mol. The first-order valence-corrected chi connectivity index (χ1v) is 9.63. The summed E-state index contributed by atoms with van der Waals surface area (Å²) in [4.78, 5) is 11.7. The van der Waals surface area contributed by atoms with Crippen LogP contribution in [0.3, 0.4) is 0 Å². The summed E-state index contributed by atoms with van der Waals surface area (Å²) in [6.45, 7) is 2.60. The number of hydrogen-bond donors (Lipinski definition) is 1. The molecule has 2 aromatic rings. The van der Waals surface area contributed by atoms with Gasteiger partial charge in [-0.05, 0) is 37.3 Å². The second-order valence-electron chi connectivity index (χ2n) is 5.51. The molecule has 26 heavy (non-hydrogen) atoms. The van der Waals surface area contributed by atoms with Crippen LogP contribution in [-0.4, -0.2) is 27.5 Å². The van der Waals surface area contributed by atoms with E-state index >= 15 is 0 Å². The lowest BCUT2D eigenvalue weighted by atomic mass is 10.1. The minimum absolute atomic E-state index is 0.0387. The van der Waals surface area contributed by atoms with Crippen molar-refractivity contribution in [2.24, 2.45) is 0 Å². The lowest BCUT2D eigenvalue weighted by Gasteiger charge is -2.08. The Bertz CT molecular complexity index is 985. The molecule has 1 aliphatic heterocycles. The van der Waals surface area contributed by atoms with Crippen LogP contribution in [0.25, 0.3) is 5.57 Å². The van der Waals surface area contributed by atoms with Crippen LogP contribution in [0.1, 0.15) is 12.5 Å². The molecule has 0 spiro atoms. The highest BCUT2D eigenvalue weighted by Gasteiger charge is 2.22. The van der Waals surface area contributed by atoms with E-state index in [2.05, 4.69) is 5.32 Å². The predicted molar refractivity (Wildman–Crippen MR) is 97.9 cm³/mol. The zero-order valence-electron chi connectivity index (χ0n) is 13.9. The van der Waals surface area contributed by atoms with E-state index < -0.39 is 10.1 Å². The second kappa shape index (κ2) is 7.39. The summed E-state index contributed by atoms with van der Waals surface area (Å²) in [5, 5.41) is 2.98. The fourth-order valence-electron chi connectivity index (χ4n) is 2.47. The molecule has 0 bridgehead atoms. The van der Waals surface area contributed by atoms with Crippen LogP contribution in [0, 0.1) is 0 Å². The van der Waals surface area contributed by atoms with Gasteiger partial charge in [-0.2, -0.15) is 8.42 Å². The maximum atomic E-state index is 12.3. The normalized spacial score (nSPS) is 14.6. The van der Waals surface area contributed by atoms with Gasteiger partial charge < -0.3 is 14.2 Å².